The average molecular weight is 285 g/mol. The van der Waals surface area contributed by atoms with Gasteiger partial charge in [0.05, 0.1) is 6.10 Å². The molecule has 0 spiro atoms. The van der Waals surface area contributed by atoms with Crippen LogP contribution in [0.3, 0.4) is 0 Å². The first kappa shape index (κ1) is 14.1. The third-order valence-corrected chi connectivity index (χ3v) is 4.13. The van der Waals surface area contributed by atoms with Gasteiger partial charge < -0.3 is 10.0 Å². The molecule has 0 fully saturated rings. The molecule has 3 heteroatoms. The smallest absolute Gasteiger partial charge is 0.123 e. The Morgan fingerprint density at radius 1 is 1.14 bits per heavy atom. The molecule has 1 N–H and O–H groups in total. The number of anilines is 1. The molecule has 0 bridgehead atoms. The Bertz CT molecular complexity index is 639. The van der Waals surface area contributed by atoms with Gasteiger partial charge in [0.15, 0.2) is 0 Å². The van der Waals surface area contributed by atoms with Gasteiger partial charge in [-0.2, -0.15) is 0 Å². The quantitative estimate of drug-likeness (QED) is 0.906. The molecule has 2 aromatic carbocycles. The normalized spacial score (nSPS) is 16.2. The lowest BCUT2D eigenvalue weighted by molar-refractivity contribution is 0.199. The van der Waals surface area contributed by atoms with Gasteiger partial charge in [0, 0.05) is 24.3 Å². The molecule has 1 aliphatic rings. The molecule has 0 radical (unpaired) electrons. The minimum absolute atomic E-state index is 0.301. The van der Waals surface area contributed by atoms with E-state index in [2.05, 4.69) is 29.2 Å². The maximum atomic E-state index is 13.5. The van der Waals surface area contributed by atoms with Crippen molar-refractivity contribution in [3.8, 4) is 0 Å². The number of hydrogen-bond donors (Lipinski definition) is 1. The van der Waals surface area contributed by atoms with Crippen LogP contribution < -0.4 is 4.90 Å². The summed E-state index contributed by atoms with van der Waals surface area (Å²) < 4.78 is 13.5. The Kier molecular flexibility index (Phi) is 3.93. The Hall–Kier alpha value is -1.87. The van der Waals surface area contributed by atoms with E-state index < -0.39 is 6.10 Å². The van der Waals surface area contributed by atoms with Crippen LogP contribution in [-0.2, 0) is 13.0 Å². The molecule has 110 valence electrons. The number of aliphatic hydroxyl groups is 1. The van der Waals surface area contributed by atoms with Gasteiger partial charge >= 0.3 is 0 Å². The number of benzene rings is 2. The molecule has 2 aromatic rings. The summed E-state index contributed by atoms with van der Waals surface area (Å²) in [6.45, 7) is 3.41. The summed E-state index contributed by atoms with van der Waals surface area (Å²) in [5.74, 6) is -0.301. The minimum atomic E-state index is -0.672. The number of rotatable bonds is 2. The van der Waals surface area contributed by atoms with Gasteiger partial charge in [-0.05, 0) is 49.1 Å². The number of aliphatic hydroxyl groups excluding tert-OH is 1. The Balaban J connectivity index is 1.98. The molecule has 1 atom stereocenters. The van der Waals surface area contributed by atoms with Gasteiger partial charge in [-0.1, -0.05) is 24.3 Å². The maximum Gasteiger partial charge on any atom is 0.123 e. The maximum absolute atomic E-state index is 13.5. The Morgan fingerprint density at radius 3 is 2.67 bits per heavy atom. The minimum Gasteiger partial charge on any atom is -0.389 e. The Labute approximate surface area is 124 Å². The highest BCUT2D eigenvalue weighted by molar-refractivity contribution is 5.56. The molecule has 0 aromatic heterocycles. The zero-order valence-corrected chi connectivity index (χ0v) is 12.2. The lowest BCUT2D eigenvalue weighted by Crippen LogP contribution is -2.24. The third-order valence-electron chi connectivity index (χ3n) is 4.13. The predicted octanol–water partition coefficient (Wildman–Crippen LogP) is 3.83. The summed E-state index contributed by atoms with van der Waals surface area (Å²) in [6, 6.07) is 13.2. The fourth-order valence-electron chi connectivity index (χ4n) is 3.05. The van der Waals surface area contributed by atoms with Crippen LogP contribution in [-0.4, -0.2) is 11.7 Å². The first-order valence-electron chi connectivity index (χ1n) is 7.44. The standard InChI is InChI=1S/C18H20FNO/c1-13(21)17-11-16(19)8-9-18(17)20-10-4-7-14-5-2-3-6-15(14)12-20/h2-3,5-6,8-9,11,13,21H,4,7,10,12H2,1H3/t13-/m0/s1. The molecular formula is C18H20FNO. The fourth-order valence-corrected chi connectivity index (χ4v) is 3.05. The van der Waals surface area contributed by atoms with Crippen LogP contribution in [0.5, 0.6) is 0 Å². The van der Waals surface area contributed by atoms with E-state index in [-0.39, 0.29) is 5.82 Å². The molecule has 3 rings (SSSR count). The van der Waals surface area contributed by atoms with E-state index in [9.17, 15) is 9.50 Å². The van der Waals surface area contributed by atoms with Crippen molar-refractivity contribution in [2.75, 3.05) is 11.4 Å². The summed E-state index contributed by atoms with van der Waals surface area (Å²) in [5, 5.41) is 9.93. The molecule has 1 aliphatic heterocycles. The zero-order valence-electron chi connectivity index (χ0n) is 12.2. The van der Waals surface area contributed by atoms with Crippen molar-refractivity contribution in [1.82, 2.24) is 0 Å². The summed E-state index contributed by atoms with van der Waals surface area (Å²) in [6.07, 6.45) is 1.46. The largest absolute Gasteiger partial charge is 0.389 e. The summed E-state index contributed by atoms with van der Waals surface area (Å²) in [4.78, 5) is 2.24. The van der Waals surface area contributed by atoms with Crippen LogP contribution >= 0.6 is 0 Å². The van der Waals surface area contributed by atoms with Crippen molar-refractivity contribution in [2.45, 2.75) is 32.4 Å². The molecule has 2 nitrogen and oxygen atoms in total. The second-order valence-corrected chi connectivity index (χ2v) is 5.67. The fraction of sp³-hybridized carbons (Fsp3) is 0.333. The van der Waals surface area contributed by atoms with Gasteiger partial charge in [0.1, 0.15) is 5.82 Å². The van der Waals surface area contributed by atoms with E-state index in [0.717, 1.165) is 31.6 Å². The van der Waals surface area contributed by atoms with Crippen molar-refractivity contribution in [3.63, 3.8) is 0 Å². The van der Waals surface area contributed by atoms with Crippen LogP contribution in [0.25, 0.3) is 0 Å². The SMILES string of the molecule is C[C@H](O)c1cc(F)ccc1N1CCCc2ccccc2C1. The van der Waals surface area contributed by atoms with Crippen LogP contribution in [0.1, 0.15) is 36.1 Å². The van der Waals surface area contributed by atoms with Gasteiger partial charge in [-0.15, -0.1) is 0 Å². The topological polar surface area (TPSA) is 23.5 Å². The van der Waals surface area contributed by atoms with E-state index in [4.69, 9.17) is 0 Å². The molecule has 0 unspecified atom stereocenters. The zero-order chi connectivity index (χ0) is 14.8. The molecule has 0 aliphatic carbocycles. The average Bonchev–Trinajstić information content (AvgIpc) is 2.69. The molecule has 1 heterocycles. The van der Waals surface area contributed by atoms with Gasteiger partial charge in [-0.3, -0.25) is 0 Å². The first-order chi connectivity index (χ1) is 10.1. The lowest BCUT2D eigenvalue weighted by Gasteiger charge is -2.27. The van der Waals surface area contributed by atoms with Crippen molar-refractivity contribution >= 4 is 5.69 Å². The van der Waals surface area contributed by atoms with Crippen molar-refractivity contribution in [1.29, 1.82) is 0 Å². The molecule has 0 saturated heterocycles. The number of hydrogen-bond acceptors (Lipinski definition) is 2. The lowest BCUT2D eigenvalue weighted by atomic mass is 10.0. The first-order valence-corrected chi connectivity index (χ1v) is 7.44. The monoisotopic (exact) mass is 285 g/mol. The second kappa shape index (κ2) is 5.86. The highest BCUT2D eigenvalue weighted by Gasteiger charge is 2.19. The van der Waals surface area contributed by atoms with E-state index >= 15 is 0 Å². The van der Waals surface area contributed by atoms with Crippen LogP contribution in [0.4, 0.5) is 10.1 Å². The molecule has 0 saturated carbocycles. The van der Waals surface area contributed by atoms with Gasteiger partial charge in [0.25, 0.3) is 0 Å². The Morgan fingerprint density at radius 2 is 1.90 bits per heavy atom. The van der Waals surface area contributed by atoms with Gasteiger partial charge in [0.2, 0.25) is 0 Å². The second-order valence-electron chi connectivity index (χ2n) is 5.67. The highest BCUT2D eigenvalue weighted by Crippen LogP contribution is 2.30. The molecular weight excluding hydrogens is 265 g/mol. The summed E-state index contributed by atoms with van der Waals surface area (Å²) in [5.41, 5.74) is 4.30. The molecule has 21 heavy (non-hydrogen) atoms. The number of halogens is 1. The predicted molar refractivity (Wildman–Crippen MR) is 82.8 cm³/mol. The van der Waals surface area contributed by atoms with Crippen LogP contribution in [0.2, 0.25) is 0 Å². The van der Waals surface area contributed by atoms with E-state index in [0.29, 0.717) is 5.56 Å². The molecule has 0 amide bonds. The summed E-state index contributed by atoms with van der Waals surface area (Å²) >= 11 is 0. The number of nitrogens with zero attached hydrogens (tertiary/aromatic N) is 1. The van der Waals surface area contributed by atoms with E-state index in [1.807, 2.05) is 0 Å². The van der Waals surface area contributed by atoms with Crippen LogP contribution in [0, 0.1) is 5.82 Å². The number of aryl methyl sites for hydroxylation is 1. The number of fused-ring (bicyclic) bond motifs is 1. The van der Waals surface area contributed by atoms with Crippen LogP contribution in [0.15, 0.2) is 42.5 Å². The van der Waals surface area contributed by atoms with E-state index in [1.54, 1.807) is 13.0 Å². The van der Waals surface area contributed by atoms with Crippen molar-refractivity contribution < 1.29 is 9.50 Å². The summed E-state index contributed by atoms with van der Waals surface area (Å²) in [7, 11) is 0. The van der Waals surface area contributed by atoms with Gasteiger partial charge in [-0.25, -0.2) is 4.39 Å². The highest BCUT2D eigenvalue weighted by atomic mass is 19.1. The third kappa shape index (κ3) is 2.93. The van der Waals surface area contributed by atoms with Crippen molar-refractivity contribution in [2.24, 2.45) is 0 Å². The van der Waals surface area contributed by atoms with E-state index in [1.165, 1.54) is 23.3 Å². The van der Waals surface area contributed by atoms with Crippen molar-refractivity contribution in [3.05, 3.63) is 65.0 Å².